The number of hydrogen-bond donors (Lipinski definition) is 1. The average molecular weight is 328 g/mol. The highest BCUT2D eigenvalue weighted by Gasteiger charge is 2.25. The minimum atomic E-state index is -0.327. The number of rotatable bonds is 3. The SMILES string of the molecule is CC1CCN(Cc2ccc(Br)cc2[N+](=O)[O-])CC1N. The predicted molar refractivity (Wildman–Crippen MR) is 77.8 cm³/mol. The van der Waals surface area contributed by atoms with Crippen LogP contribution in [0.1, 0.15) is 18.9 Å². The van der Waals surface area contributed by atoms with E-state index in [0.717, 1.165) is 29.5 Å². The number of nitrogens with zero attached hydrogens (tertiary/aromatic N) is 2. The van der Waals surface area contributed by atoms with Gasteiger partial charge in [-0.3, -0.25) is 15.0 Å². The fourth-order valence-electron chi connectivity index (χ4n) is 2.39. The van der Waals surface area contributed by atoms with Crippen LogP contribution in [0.2, 0.25) is 0 Å². The molecule has 1 saturated heterocycles. The third-order valence-corrected chi connectivity index (χ3v) is 4.23. The minimum absolute atomic E-state index is 0.156. The van der Waals surface area contributed by atoms with Gasteiger partial charge >= 0.3 is 0 Å². The molecule has 0 bridgehead atoms. The lowest BCUT2D eigenvalue weighted by Gasteiger charge is -2.34. The van der Waals surface area contributed by atoms with E-state index in [1.54, 1.807) is 6.07 Å². The van der Waals surface area contributed by atoms with Crippen LogP contribution in [0, 0.1) is 16.0 Å². The van der Waals surface area contributed by atoms with E-state index >= 15 is 0 Å². The van der Waals surface area contributed by atoms with E-state index in [1.807, 2.05) is 12.1 Å². The summed E-state index contributed by atoms with van der Waals surface area (Å²) in [6.45, 7) is 4.49. The summed E-state index contributed by atoms with van der Waals surface area (Å²) >= 11 is 3.27. The van der Waals surface area contributed by atoms with Gasteiger partial charge in [0.2, 0.25) is 0 Å². The van der Waals surface area contributed by atoms with E-state index in [0.29, 0.717) is 12.5 Å². The largest absolute Gasteiger partial charge is 0.326 e. The van der Waals surface area contributed by atoms with Gasteiger partial charge in [-0.05, 0) is 31.0 Å². The van der Waals surface area contributed by atoms with Crippen LogP contribution in [-0.4, -0.2) is 29.0 Å². The molecule has 6 heteroatoms. The Morgan fingerprint density at radius 3 is 2.95 bits per heavy atom. The molecule has 1 aliphatic heterocycles. The number of piperidine rings is 1. The van der Waals surface area contributed by atoms with Gasteiger partial charge in [0, 0.05) is 35.2 Å². The lowest BCUT2D eigenvalue weighted by Crippen LogP contribution is -2.47. The van der Waals surface area contributed by atoms with E-state index in [2.05, 4.69) is 27.8 Å². The Morgan fingerprint density at radius 1 is 1.58 bits per heavy atom. The Bertz CT molecular complexity index is 481. The van der Waals surface area contributed by atoms with Crippen molar-refractivity contribution in [2.75, 3.05) is 13.1 Å². The van der Waals surface area contributed by atoms with E-state index in [9.17, 15) is 10.1 Å². The lowest BCUT2D eigenvalue weighted by atomic mass is 9.94. The molecule has 2 rings (SSSR count). The summed E-state index contributed by atoms with van der Waals surface area (Å²) in [7, 11) is 0. The molecular formula is C13H18BrN3O2. The number of nitro benzene ring substituents is 1. The second-order valence-corrected chi connectivity index (χ2v) is 6.11. The van der Waals surface area contributed by atoms with Gasteiger partial charge in [0.1, 0.15) is 0 Å². The molecule has 0 radical (unpaired) electrons. The summed E-state index contributed by atoms with van der Waals surface area (Å²) in [6.07, 6.45) is 1.05. The fourth-order valence-corrected chi connectivity index (χ4v) is 2.74. The normalized spacial score (nSPS) is 24.4. The highest BCUT2D eigenvalue weighted by atomic mass is 79.9. The van der Waals surface area contributed by atoms with Crippen molar-refractivity contribution in [3.8, 4) is 0 Å². The molecule has 5 nitrogen and oxygen atoms in total. The number of benzene rings is 1. The Hall–Kier alpha value is -0.980. The summed E-state index contributed by atoms with van der Waals surface area (Å²) in [5.74, 6) is 0.524. The highest BCUT2D eigenvalue weighted by Crippen LogP contribution is 2.26. The maximum Gasteiger partial charge on any atom is 0.275 e. The van der Waals surface area contributed by atoms with E-state index < -0.39 is 0 Å². The standard InChI is InChI=1S/C13H18BrN3O2/c1-9-4-5-16(8-12(9)15)7-10-2-3-11(14)6-13(10)17(18)19/h2-3,6,9,12H,4-5,7-8,15H2,1H3. The number of nitrogens with two attached hydrogens (primary N) is 1. The zero-order chi connectivity index (χ0) is 14.0. The van der Waals surface area contributed by atoms with Crippen molar-refractivity contribution in [2.24, 2.45) is 11.7 Å². The van der Waals surface area contributed by atoms with Gasteiger partial charge in [0.15, 0.2) is 0 Å². The molecule has 104 valence electrons. The van der Waals surface area contributed by atoms with Gasteiger partial charge in [-0.25, -0.2) is 0 Å². The molecule has 19 heavy (non-hydrogen) atoms. The van der Waals surface area contributed by atoms with Crippen molar-refractivity contribution in [1.29, 1.82) is 0 Å². The topological polar surface area (TPSA) is 72.4 Å². The summed E-state index contributed by atoms with van der Waals surface area (Å²) in [6, 6.07) is 5.37. The van der Waals surface area contributed by atoms with Crippen molar-refractivity contribution in [2.45, 2.75) is 25.9 Å². The van der Waals surface area contributed by atoms with Crippen molar-refractivity contribution >= 4 is 21.6 Å². The number of halogens is 1. The van der Waals surface area contributed by atoms with Crippen LogP contribution < -0.4 is 5.73 Å². The van der Waals surface area contributed by atoms with E-state index in [4.69, 9.17) is 5.73 Å². The van der Waals surface area contributed by atoms with Gasteiger partial charge in [0.25, 0.3) is 5.69 Å². The molecular weight excluding hydrogens is 310 g/mol. The van der Waals surface area contributed by atoms with Crippen LogP contribution in [0.15, 0.2) is 22.7 Å². The first-order chi connectivity index (χ1) is 8.97. The zero-order valence-electron chi connectivity index (χ0n) is 10.9. The first-order valence-corrected chi connectivity index (χ1v) is 7.17. The maximum absolute atomic E-state index is 11.1. The minimum Gasteiger partial charge on any atom is -0.326 e. The summed E-state index contributed by atoms with van der Waals surface area (Å²) in [5, 5.41) is 11.1. The molecule has 0 spiro atoms. The third-order valence-electron chi connectivity index (χ3n) is 3.74. The smallest absolute Gasteiger partial charge is 0.275 e. The van der Waals surface area contributed by atoms with Crippen LogP contribution in [-0.2, 0) is 6.54 Å². The average Bonchev–Trinajstić information content (AvgIpc) is 2.36. The molecule has 2 N–H and O–H groups in total. The third kappa shape index (κ3) is 3.52. The van der Waals surface area contributed by atoms with Gasteiger partial charge < -0.3 is 5.73 Å². The first-order valence-electron chi connectivity index (χ1n) is 6.38. The van der Waals surface area contributed by atoms with Crippen molar-refractivity contribution in [3.63, 3.8) is 0 Å². The van der Waals surface area contributed by atoms with Gasteiger partial charge in [-0.15, -0.1) is 0 Å². The summed E-state index contributed by atoms with van der Waals surface area (Å²) in [4.78, 5) is 12.9. The van der Waals surface area contributed by atoms with E-state index in [-0.39, 0.29) is 16.7 Å². The molecule has 1 aromatic carbocycles. The van der Waals surface area contributed by atoms with Crippen LogP contribution >= 0.6 is 15.9 Å². The molecule has 1 aromatic rings. The predicted octanol–water partition coefficient (Wildman–Crippen LogP) is 2.53. The van der Waals surface area contributed by atoms with Crippen molar-refractivity contribution < 1.29 is 4.92 Å². The lowest BCUT2D eigenvalue weighted by molar-refractivity contribution is -0.385. The zero-order valence-corrected chi connectivity index (χ0v) is 12.5. The molecule has 0 aromatic heterocycles. The molecule has 0 saturated carbocycles. The fraction of sp³-hybridized carbons (Fsp3) is 0.538. The molecule has 0 amide bonds. The van der Waals surface area contributed by atoms with Crippen LogP contribution in [0.3, 0.4) is 0 Å². The van der Waals surface area contributed by atoms with Crippen LogP contribution in [0.25, 0.3) is 0 Å². The van der Waals surface area contributed by atoms with Gasteiger partial charge in [-0.2, -0.15) is 0 Å². The quantitative estimate of drug-likeness (QED) is 0.684. The number of likely N-dealkylation sites (tertiary alicyclic amines) is 1. The monoisotopic (exact) mass is 327 g/mol. The van der Waals surface area contributed by atoms with Crippen molar-refractivity contribution in [3.05, 3.63) is 38.3 Å². The number of hydrogen-bond acceptors (Lipinski definition) is 4. The van der Waals surface area contributed by atoms with Gasteiger partial charge in [0.05, 0.1) is 4.92 Å². The highest BCUT2D eigenvalue weighted by molar-refractivity contribution is 9.10. The van der Waals surface area contributed by atoms with E-state index in [1.165, 1.54) is 0 Å². The molecule has 1 fully saturated rings. The van der Waals surface area contributed by atoms with Crippen LogP contribution in [0.4, 0.5) is 5.69 Å². The summed E-state index contributed by atoms with van der Waals surface area (Å²) < 4.78 is 0.729. The molecule has 2 atom stereocenters. The number of nitro groups is 1. The molecule has 1 aliphatic rings. The van der Waals surface area contributed by atoms with Gasteiger partial charge in [-0.1, -0.05) is 22.9 Å². The molecule has 2 unspecified atom stereocenters. The maximum atomic E-state index is 11.1. The molecule has 1 heterocycles. The Kier molecular flexibility index (Phi) is 4.54. The molecule has 0 aliphatic carbocycles. The first kappa shape index (κ1) is 14.4. The van der Waals surface area contributed by atoms with Crippen LogP contribution in [0.5, 0.6) is 0 Å². The Labute approximate surface area is 121 Å². The Morgan fingerprint density at radius 2 is 2.32 bits per heavy atom. The second-order valence-electron chi connectivity index (χ2n) is 5.20. The summed E-state index contributed by atoms with van der Waals surface area (Å²) in [5.41, 5.74) is 6.97. The Balaban J connectivity index is 2.13. The second kappa shape index (κ2) is 5.98. The van der Waals surface area contributed by atoms with Crippen molar-refractivity contribution in [1.82, 2.24) is 4.90 Å².